The van der Waals surface area contributed by atoms with Crippen LogP contribution in [0.15, 0.2) is 59.0 Å². The van der Waals surface area contributed by atoms with Crippen LogP contribution in [0.5, 0.6) is 5.75 Å². The first kappa shape index (κ1) is 18.9. The summed E-state index contributed by atoms with van der Waals surface area (Å²) >= 11 is 0. The lowest BCUT2D eigenvalue weighted by Crippen LogP contribution is -2.46. The molecule has 3 aromatic rings. The average Bonchev–Trinajstić information content (AvgIpc) is 3.23. The molecule has 1 aromatic heterocycles. The van der Waals surface area contributed by atoms with E-state index in [1.165, 1.54) is 5.69 Å². The standard InChI is InChI=1S/C23H24N4O2/c1-2-16-28-20-10-8-18(9-11-20)22-25-21(17-24)23(29-22)27-14-12-26(13-15-27)19-6-4-3-5-7-19/h3-11H,2,12-16H2,1H3. The molecule has 2 heterocycles. The average molecular weight is 388 g/mol. The number of rotatable bonds is 6. The van der Waals surface area contributed by atoms with E-state index in [-0.39, 0.29) is 0 Å². The summed E-state index contributed by atoms with van der Waals surface area (Å²) in [6.45, 7) is 6.06. The largest absolute Gasteiger partial charge is 0.494 e. The van der Waals surface area contributed by atoms with Gasteiger partial charge in [-0.1, -0.05) is 25.1 Å². The van der Waals surface area contributed by atoms with E-state index >= 15 is 0 Å². The fraction of sp³-hybridized carbons (Fsp3) is 0.304. The van der Waals surface area contributed by atoms with Gasteiger partial charge >= 0.3 is 0 Å². The van der Waals surface area contributed by atoms with Gasteiger partial charge in [-0.15, -0.1) is 0 Å². The van der Waals surface area contributed by atoms with Crippen LogP contribution in [0.2, 0.25) is 0 Å². The first-order valence-corrected chi connectivity index (χ1v) is 9.97. The number of anilines is 2. The molecule has 4 rings (SSSR count). The van der Waals surface area contributed by atoms with E-state index in [0.29, 0.717) is 24.1 Å². The number of nitrogens with zero attached hydrogens (tertiary/aromatic N) is 4. The van der Waals surface area contributed by atoms with Gasteiger partial charge in [0.05, 0.1) is 6.61 Å². The highest BCUT2D eigenvalue weighted by Gasteiger charge is 2.24. The normalized spacial score (nSPS) is 13.9. The third kappa shape index (κ3) is 4.19. The molecule has 0 radical (unpaired) electrons. The van der Waals surface area contributed by atoms with Gasteiger partial charge in [0.25, 0.3) is 0 Å². The molecule has 0 amide bonds. The molecular formula is C23H24N4O2. The van der Waals surface area contributed by atoms with Gasteiger partial charge in [-0.25, -0.2) is 0 Å². The van der Waals surface area contributed by atoms with E-state index in [9.17, 15) is 5.26 Å². The molecule has 1 fully saturated rings. The van der Waals surface area contributed by atoms with Gasteiger partial charge in [0, 0.05) is 37.4 Å². The zero-order chi connectivity index (χ0) is 20.1. The Bertz CT molecular complexity index is 968. The molecule has 1 aliphatic heterocycles. The van der Waals surface area contributed by atoms with Crippen molar-refractivity contribution in [1.29, 1.82) is 5.26 Å². The Morgan fingerprint density at radius 2 is 1.69 bits per heavy atom. The number of benzene rings is 2. The van der Waals surface area contributed by atoms with Crippen molar-refractivity contribution in [2.45, 2.75) is 13.3 Å². The van der Waals surface area contributed by atoms with Gasteiger partial charge in [-0.2, -0.15) is 10.2 Å². The molecule has 148 valence electrons. The topological polar surface area (TPSA) is 65.5 Å². The molecule has 0 bridgehead atoms. The van der Waals surface area contributed by atoms with Crippen molar-refractivity contribution in [1.82, 2.24) is 4.98 Å². The van der Waals surface area contributed by atoms with E-state index in [0.717, 1.165) is 43.9 Å². The predicted octanol–water partition coefficient (Wildman–Crippen LogP) is 4.33. The first-order chi connectivity index (χ1) is 14.3. The molecule has 0 atom stereocenters. The maximum absolute atomic E-state index is 9.55. The van der Waals surface area contributed by atoms with Crippen LogP contribution >= 0.6 is 0 Å². The monoisotopic (exact) mass is 388 g/mol. The Kier molecular flexibility index (Phi) is 5.66. The molecule has 1 saturated heterocycles. The van der Waals surface area contributed by atoms with E-state index < -0.39 is 0 Å². The predicted molar refractivity (Wildman–Crippen MR) is 113 cm³/mol. The molecule has 0 saturated carbocycles. The molecule has 6 heteroatoms. The lowest BCUT2D eigenvalue weighted by atomic mass is 10.2. The fourth-order valence-electron chi connectivity index (χ4n) is 3.44. The third-order valence-corrected chi connectivity index (χ3v) is 4.98. The van der Waals surface area contributed by atoms with Crippen molar-refractivity contribution in [3.63, 3.8) is 0 Å². The second kappa shape index (κ2) is 8.70. The van der Waals surface area contributed by atoms with Crippen molar-refractivity contribution < 1.29 is 9.15 Å². The van der Waals surface area contributed by atoms with Gasteiger partial charge in [0.2, 0.25) is 17.5 Å². The van der Waals surface area contributed by atoms with Crippen LogP contribution in [0.1, 0.15) is 19.0 Å². The van der Waals surface area contributed by atoms with Crippen LogP contribution in [-0.2, 0) is 0 Å². The summed E-state index contributed by atoms with van der Waals surface area (Å²) in [7, 11) is 0. The summed E-state index contributed by atoms with van der Waals surface area (Å²) in [6, 6.07) is 20.2. The zero-order valence-electron chi connectivity index (χ0n) is 16.5. The quantitative estimate of drug-likeness (QED) is 0.626. The second-order valence-corrected chi connectivity index (χ2v) is 6.97. The van der Waals surface area contributed by atoms with Crippen LogP contribution in [0.3, 0.4) is 0 Å². The Balaban J connectivity index is 1.48. The lowest BCUT2D eigenvalue weighted by Gasteiger charge is -2.35. The number of hydrogen-bond acceptors (Lipinski definition) is 6. The number of ether oxygens (including phenoxy) is 1. The maximum Gasteiger partial charge on any atom is 0.235 e. The zero-order valence-corrected chi connectivity index (χ0v) is 16.5. The summed E-state index contributed by atoms with van der Waals surface area (Å²) in [6.07, 6.45) is 0.966. The van der Waals surface area contributed by atoms with Crippen molar-refractivity contribution in [3.05, 3.63) is 60.3 Å². The van der Waals surface area contributed by atoms with Gasteiger partial charge in [0.15, 0.2) is 0 Å². The number of para-hydroxylation sites is 1. The van der Waals surface area contributed by atoms with Crippen molar-refractivity contribution in [2.24, 2.45) is 0 Å². The molecule has 1 aliphatic rings. The van der Waals surface area contributed by atoms with Gasteiger partial charge in [-0.3, -0.25) is 0 Å². The molecule has 0 aliphatic carbocycles. The number of oxazole rings is 1. The number of aromatic nitrogens is 1. The summed E-state index contributed by atoms with van der Waals surface area (Å²) in [5.41, 5.74) is 2.38. The third-order valence-electron chi connectivity index (χ3n) is 4.98. The molecule has 2 aromatic carbocycles. The fourth-order valence-corrected chi connectivity index (χ4v) is 3.44. The van der Waals surface area contributed by atoms with Gasteiger partial charge in [-0.05, 0) is 42.8 Å². The van der Waals surface area contributed by atoms with E-state index in [2.05, 4.69) is 52.0 Å². The van der Waals surface area contributed by atoms with Crippen molar-refractivity contribution in [3.8, 4) is 23.3 Å². The highest BCUT2D eigenvalue weighted by molar-refractivity contribution is 5.61. The molecule has 0 unspecified atom stereocenters. The van der Waals surface area contributed by atoms with Crippen LogP contribution in [0.25, 0.3) is 11.5 Å². The minimum atomic E-state index is 0.333. The Morgan fingerprint density at radius 1 is 1.00 bits per heavy atom. The summed E-state index contributed by atoms with van der Waals surface area (Å²) < 4.78 is 11.6. The minimum absolute atomic E-state index is 0.333. The van der Waals surface area contributed by atoms with E-state index in [4.69, 9.17) is 9.15 Å². The maximum atomic E-state index is 9.55. The highest BCUT2D eigenvalue weighted by Crippen LogP contribution is 2.30. The van der Waals surface area contributed by atoms with E-state index in [1.54, 1.807) is 0 Å². The van der Waals surface area contributed by atoms with Crippen LogP contribution in [0.4, 0.5) is 11.6 Å². The minimum Gasteiger partial charge on any atom is -0.494 e. The van der Waals surface area contributed by atoms with Crippen LogP contribution in [-0.4, -0.2) is 37.8 Å². The van der Waals surface area contributed by atoms with Crippen LogP contribution in [0, 0.1) is 11.3 Å². The van der Waals surface area contributed by atoms with Gasteiger partial charge < -0.3 is 19.0 Å². The van der Waals surface area contributed by atoms with Crippen LogP contribution < -0.4 is 14.5 Å². The summed E-state index contributed by atoms with van der Waals surface area (Å²) in [5, 5.41) is 9.55. The molecule has 29 heavy (non-hydrogen) atoms. The summed E-state index contributed by atoms with van der Waals surface area (Å²) in [5.74, 6) is 1.84. The molecule has 0 N–H and O–H groups in total. The Labute approximate surface area is 170 Å². The lowest BCUT2D eigenvalue weighted by molar-refractivity contribution is 0.317. The highest BCUT2D eigenvalue weighted by atomic mass is 16.5. The van der Waals surface area contributed by atoms with Crippen molar-refractivity contribution in [2.75, 3.05) is 42.6 Å². The smallest absolute Gasteiger partial charge is 0.235 e. The first-order valence-electron chi connectivity index (χ1n) is 9.97. The summed E-state index contributed by atoms with van der Waals surface area (Å²) in [4.78, 5) is 8.87. The molecule has 0 spiro atoms. The Morgan fingerprint density at radius 3 is 2.34 bits per heavy atom. The second-order valence-electron chi connectivity index (χ2n) is 6.97. The molecular weight excluding hydrogens is 364 g/mol. The van der Waals surface area contributed by atoms with E-state index in [1.807, 2.05) is 30.3 Å². The Hall–Kier alpha value is -3.46. The number of nitriles is 1. The van der Waals surface area contributed by atoms with Gasteiger partial charge in [0.1, 0.15) is 11.8 Å². The molecule has 6 nitrogen and oxygen atoms in total. The van der Waals surface area contributed by atoms with Crippen molar-refractivity contribution >= 4 is 11.6 Å². The number of hydrogen-bond donors (Lipinski definition) is 0. The number of piperazine rings is 1. The SMILES string of the molecule is CCCOc1ccc(-c2nc(C#N)c(N3CCN(c4ccccc4)CC3)o2)cc1.